The molecule has 15 aromatic rings. The van der Waals surface area contributed by atoms with Crippen molar-refractivity contribution in [2.24, 2.45) is 0 Å². The fraction of sp³-hybridized carbons (Fsp3) is 0. The fourth-order valence-electron chi connectivity index (χ4n) is 11.8. The van der Waals surface area contributed by atoms with Crippen molar-refractivity contribution < 1.29 is 0 Å². The van der Waals surface area contributed by atoms with Crippen LogP contribution in [0, 0.1) is 0 Å². The Morgan fingerprint density at radius 3 is 1.05 bits per heavy atom. The Morgan fingerprint density at radius 1 is 0.203 bits per heavy atom. The summed E-state index contributed by atoms with van der Waals surface area (Å²) in [6.45, 7) is 0. The maximum absolute atomic E-state index is 2.53. The van der Waals surface area contributed by atoms with Gasteiger partial charge in [0.1, 0.15) is 0 Å². The van der Waals surface area contributed by atoms with Crippen molar-refractivity contribution in [2.45, 2.75) is 0 Å². The van der Waals surface area contributed by atoms with Crippen molar-refractivity contribution >= 4 is 97.7 Å². The molecule has 64 heavy (non-hydrogen) atoms. The van der Waals surface area contributed by atoms with Crippen LogP contribution in [-0.4, -0.2) is 8.80 Å². The SMILES string of the molecule is c1ccc(-c2ccc(-c3c4cccc(-c5cccc6c7cccc8c9ccccc9n(c56)c87)c4cc4c(-c5cccc6c7cccc8c9ccccc9n(c56)c87)cccc34)cc2)cc1. The second kappa shape index (κ2) is 12.6. The van der Waals surface area contributed by atoms with Crippen LogP contribution in [0.4, 0.5) is 0 Å². The van der Waals surface area contributed by atoms with Crippen molar-refractivity contribution in [3.8, 4) is 44.5 Å². The summed E-state index contributed by atoms with van der Waals surface area (Å²) in [5.74, 6) is 0. The molecule has 294 valence electrons. The standard InChI is InChI=1S/C62H36N2/c1-2-14-37(15-3-1)38-32-34-39(35-33-38)58-44-20-8-18-40(46-22-10-26-50-52-28-12-24-48-42-16-4-6-30-56(42)63(59(46)50)61(48)52)54(44)36-55-41(19-9-21-45(55)58)47-23-11-27-51-53-29-13-25-49-43-17-5-7-31-57(43)64(60(47)51)62(49)53/h1-36H. The largest absolute Gasteiger partial charge is 0.307 e. The number of benzene rings is 11. The Labute approximate surface area is 367 Å². The van der Waals surface area contributed by atoms with Gasteiger partial charge in [-0.25, -0.2) is 0 Å². The van der Waals surface area contributed by atoms with Crippen LogP contribution in [0.1, 0.15) is 0 Å². The first-order chi connectivity index (χ1) is 31.8. The molecule has 0 aliphatic heterocycles. The second-order valence-electron chi connectivity index (χ2n) is 17.5. The van der Waals surface area contributed by atoms with E-state index in [0.29, 0.717) is 0 Å². The van der Waals surface area contributed by atoms with Gasteiger partial charge in [0.15, 0.2) is 0 Å². The van der Waals surface area contributed by atoms with Gasteiger partial charge in [-0.2, -0.15) is 0 Å². The quantitative estimate of drug-likeness (QED) is 0.157. The number of fused-ring (bicyclic) bond motifs is 14. The Kier molecular flexibility index (Phi) is 6.71. The number of nitrogens with zero attached hydrogens (tertiary/aromatic N) is 2. The van der Waals surface area contributed by atoms with E-state index in [1.54, 1.807) is 0 Å². The molecule has 4 aromatic heterocycles. The number of hydrogen-bond acceptors (Lipinski definition) is 0. The first kappa shape index (κ1) is 34.2. The van der Waals surface area contributed by atoms with Crippen molar-refractivity contribution in [1.82, 2.24) is 8.80 Å². The minimum Gasteiger partial charge on any atom is -0.307 e. The van der Waals surface area contributed by atoms with Crippen LogP contribution in [0.2, 0.25) is 0 Å². The highest BCUT2D eigenvalue weighted by Gasteiger charge is 2.24. The number of para-hydroxylation sites is 6. The van der Waals surface area contributed by atoms with E-state index in [2.05, 4.69) is 227 Å². The lowest BCUT2D eigenvalue weighted by Crippen LogP contribution is -1.93. The van der Waals surface area contributed by atoms with Gasteiger partial charge < -0.3 is 8.80 Å². The van der Waals surface area contributed by atoms with Gasteiger partial charge in [-0.15, -0.1) is 0 Å². The van der Waals surface area contributed by atoms with Crippen molar-refractivity contribution in [1.29, 1.82) is 0 Å². The van der Waals surface area contributed by atoms with Gasteiger partial charge >= 0.3 is 0 Å². The topological polar surface area (TPSA) is 8.82 Å². The summed E-state index contributed by atoms with van der Waals surface area (Å²) in [6.07, 6.45) is 0. The zero-order valence-corrected chi connectivity index (χ0v) is 34.7. The van der Waals surface area contributed by atoms with Gasteiger partial charge in [-0.3, -0.25) is 0 Å². The number of hydrogen-bond donors (Lipinski definition) is 0. The molecule has 0 unspecified atom stereocenters. The van der Waals surface area contributed by atoms with E-state index in [1.807, 2.05) is 0 Å². The van der Waals surface area contributed by atoms with E-state index < -0.39 is 0 Å². The second-order valence-corrected chi connectivity index (χ2v) is 17.5. The van der Waals surface area contributed by atoms with Crippen LogP contribution in [0.3, 0.4) is 0 Å². The normalized spacial score (nSPS) is 12.4. The van der Waals surface area contributed by atoms with Gasteiger partial charge in [-0.05, 0) is 73.1 Å². The molecule has 11 aromatic carbocycles. The third-order valence-corrected chi connectivity index (χ3v) is 14.4. The van der Waals surface area contributed by atoms with Crippen molar-refractivity contribution in [2.75, 3.05) is 0 Å². The molecular formula is C62H36N2. The summed E-state index contributed by atoms with van der Waals surface area (Å²) in [4.78, 5) is 0. The highest BCUT2D eigenvalue weighted by molar-refractivity contribution is 6.28. The summed E-state index contributed by atoms with van der Waals surface area (Å²) in [6, 6.07) is 81.5. The third-order valence-electron chi connectivity index (χ3n) is 14.4. The van der Waals surface area contributed by atoms with Crippen LogP contribution < -0.4 is 0 Å². The zero-order valence-electron chi connectivity index (χ0n) is 34.7. The Hall–Kier alpha value is -8.46. The molecule has 0 aliphatic carbocycles. The van der Waals surface area contributed by atoms with E-state index in [-0.39, 0.29) is 0 Å². The van der Waals surface area contributed by atoms with Crippen molar-refractivity contribution in [3.63, 3.8) is 0 Å². The maximum atomic E-state index is 2.53. The predicted molar refractivity (Wildman–Crippen MR) is 273 cm³/mol. The molecule has 0 radical (unpaired) electrons. The molecule has 0 saturated heterocycles. The summed E-state index contributed by atoms with van der Waals surface area (Å²) in [5, 5.41) is 15.3. The van der Waals surface area contributed by atoms with E-state index in [0.717, 1.165) is 0 Å². The molecule has 0 amide bonds. The van der Waals surface area contributed by atoms with Gasteiger partial charge in [0, 0.05) is 54.2 Å². The molecular weight excluding hydrogens is 773 g/mol. The van der Waals surface area contributed by atoms with Crippen molar-refractivity contribution in [3.05, 3.63) is 218 Å². The smallest absolute Gasteiger partial charge is 0.0620 e. The van der Waals surface area contributed by atoms with Crippen LogP contribution in [0.5, 0.6) is 0 Å². The van der Waals surface area contributed by atoms with Gasteiger partial charge in [0.2, 0.25) is 0 Å². The first-order valence-electron chi connectivity index (χ1n) is 22.3. The minimum atomic E-state index is 1.21. The van der Waals surface area contributed by atoms with Crippen LogP contribution in [0.25, 0.3) is 142 Å². The molecule has 15 rings (SSSR count). The number of aromatic nitrogens is 2. The molecule has 2 nitrogen and oxygen atoms in total. The molecule has 0 fully saturated rings. The zero-order chi connectivity index (χ0) is 41.6. The van der Waals surface area contributed by atoms with E-state index in [4.69, 9.17) is 0 Å². The molecule has 0 spiro atoms. The van der Waals surface area contributed by atoms with Gasteiger partial charge in [-0.1, -0.05) is 200 Å². The first-order valence-corrected chi connectivity index (χ1v) is 22.3. The summed E-state index contributed by atoms with van der Waals surface area (Å²) >= 11 is 0. The van der Waals surface area contributed by atoms with Crippen LogP contribution in [0.15, 0.2) is 218 Å². The van der Waals surface area contributed by atoms with Crippen LogP contribution in [-0.2, 0) is 0 Å². The van der Waals surface area contributed by atoms with E-state index in [1.165, 1.54) is 142 Å². The lowest BCUT2D eigenvalue weighted by Gasteiger charge is -2.18. The summed E-state index contributed by atoms with van der Waals surface area (Å²) < 4.78 is 5.07. The lowest BCUT2D eigenvalue weighted by molar-refractivity contribution is 1.37. The summed E-state index contributed by atoms with van der Waals surface area (Å²) in [5.41, 5.74) is 17.4. The van der Waals surface area contributed by atoms with Gasteiger partial charge in [0.25, 0.3) is 0 Å². The highest BCUT2D eigenvalue weighted by Crippen LogP contribution is 2.49. The number of rotatable bonds is 4. The predicted octanol–water partition coefficient (Wildman–Crippen LogP) is 17.0. The summed E-state index contributed by atoms with van der Waals surface area (Å²) in [7, 11) is 0. The molecule has 4 heterocycles. The Bertz CT molecular complexity index is 4150. The molecule has 2 heteroatoms. The lowest BCUT2D eigenvalue weighted by atomic mass is 9.85. The monoisotopic (exact) mass is 808 g/mol. The molecule has 0 saturated carbocycles. The molecule has 0 atom stereocenters. The molecule has 0 N–H and O–H groups in total. The maximum Gasteiger partial charge on any atom is 0.0620 e. The fourth-order valence-corrected chi connectivity index (χ4v) is 11.8. The Balaban J connectivity index is 1.08. The molecule has 0 bridgehead atoms. The third kappa shape index (κ3) is 4.39. The van der Waals surface area contributed by atoms with E-state index >= 15 is 0 Å². The van der Waals surface area contributed by atoms with E-state index in [9.17, 15) is 0 Å². The molecule has 0 aliphatic rings. The highest BCUT2D eigenvalue weighted by atomic mass is 14.9. The Morgan fingerprint density at radius 2 is 0.547 bits per heavy atom. The average Bonchev–Trinajstić information content (AvgIpc) is 4.10. The average molecular weight is 809 g/mol. The van der Waals surface area contributed by atoms with Gasteiger partial charge in [0.05, 0.1) is 33.1 Å². The minimum absolute atomic E-state index is 1.21. The van der Waals surface area contributed by atoms with Crippen LogP contribution >= 0.6 is 0 Å².